The van der Waals surface area contributed by atoms with E-state index in [1.54, 1.807) is 24.3 Å². The first-order chi connectivity index (χ1) is 16.7. The third-order valence-corrected chi connectivity index (χ3v) is 5.90. The lowest BCUT2D eigenvalue weighted by Crippen LogP contribution is -2.50. The molecule has 0 aliphatic heterocycles. The van der Waals surface area contributed by atoms with Crippen LogP contribution in [-0.2, 0) is 4.79 Å². The monoisotopic (exact) mass is 466 g/mol. The molecule has 0 saturated carbocycles. The molecule has 0 aromatic heterocycles. The van der Waals surface area contributed by atoms with Crippen LogP contribution in [0.25, 0.3) is 0 Å². The van der Waals surface area contributed by atoms with Gasteiger partial charge in [0.2, 0.25) is 0 Å². The Morgan fingerprint density at radius 1 is 0.706 bits per heavy atom. The van der Waals surface area contributed by atoms with Gasteiger partial charge in [-0.15, -0.1) is 0 Å². The van der Waals surface area contributed by atoms with Crippen LogP contribution in [0, 0.1) is 0 Å². The largest absolute Gasteiger partial charge is 0.475 e. The summed E-state index contributed by atoms with van der Waals surface area (Å²) in [5, 5.41) is 10.1. The van der Waals surface area contributed by atoms with Crippen LogP contribution in [0.1, 0.15) is 90.4 Å². The topological polar surface area (TPSA) is 55.8 Å². The Morgan fingerprint density at radius 2 is 1.15 bits per heavy atom. The van der Waals surface area contributed by atoms with Crippen LogP contribution >= 0.6 is 0 Å². The second kappa shape index (κ2) is 16.8. The smallest absolute Gasteiger partial charge is 0.390 e. The molecular formula is C30H42O4. The summed E-state index contributed by atoms with van der Waals surface area (Å²) in [4.78, 5) is 12.3. The quantitative estimate of drug-likeness (QED) is 0.128. The average Bonchev–Trinajstić information content (AvgIpc) is 2.85. The van der Waals surface area contributed by atoms with Gasteiger partial charge in [0.05, 0.1) is 0 Å². The fraction of sp³-hybridized carbons (Fsp3) is 0.500. The molecule has 0 radical (unpaired) electrons. The van der Waals surface area contributed by atoms with E-state index >= 15 is 0 Å². The SMILES string of the molecule is CCCCCCCC/C=C\CCCCCCC(Oc1ccccc1)(Oc1ccccc1)C(=O)O. The molecule has 0 aliphatic carbocycles. The maximum absolute atomic E-state index is 12.3. The standard InChI is InChI=1S/C30H42O4/c1-2-3-4-5-6-7-8-9-10-11-12-13-14-21-26-30(29(31)32,33-27-22-17-15-18-23-27)34-28-24-19-16-20-25-28/h9-10,15-20,22-25H,2-8,11-14,21,26H2,1H3,(H,31,32)/b10-9-. The minimum absolute atomic E-state index is 0.278. The molecule has 34 heavy (non-hydrogen) atoms. The molecule has 0 unspecified atom stereocenters. The second-order valence-electron chi connectivity index (χ2n) is 8.87. The molecule has 0 aliphatic rings. The van der Waals surface area contributed by atoms with Gasteiger partial charge in [-0.25, -0.2) is 4.79 Å². The Bertz CT molecular complexity index is 760. The van der Waals surface area contributed by atoms with Crippen LogP contribution in [0.15, 0.2) is 72.8 Å². The summed E-state index contributed by atoms with van der Waals surface area (Å²) < 4.78 is 11.9. The number of ether oxygens (including phenoxy) is 2. The van der Waals surface area contributed by atoms with Gasteiger partial charge in [0, 0.05) is 6.42 Å². The summed E-state index contributed by atoms with van der Waals surface area (Å²) in [6.07, 6.45) is 19.0. The van der Waals surface area contributed by atoms with Crippen LogP contribution < -0.4 is 9.47 Å². The maximum atomic E-state index is 12.3. The minimum Gasteiger partial charge on any atom is -0.475 e. The summed E-state index contributed by atoms with van der Waals surface area (Å²) in [6, 6.07) is 18.1. The van der Waals surface area contributed by atoms with E-state index in [2.05, 4.69) is 19.1 Å². The number of hydrogen-bond donors (Lipinski definition) is 1. The summed E-state index contributed by atoms with van der Waals surface area (Å²) in [5.74, 6) is -1.90. The Hall–Kier alpha value is -2.75. The molecule has 2 rings (SSSR count). The molecular weight excluding hydrogens is 424 g/mol. The van der Waals surface area contributed by atoms with Gasteiger partial charge in [0.1, 0.15) is 11.5 Å². The van der Waals surface area contributed by atoms with E-state index in [-0.39, 0.29) is 6.42 Å². The zero-order valence-electron chi connectivity index (χ0n) is 20.8. The summed E-state index contributed by atoms with van der Waals surface area (Å²) in [6.45, 7) is 2.25. The fourth-order valence-corrected chi connectivity index (χ4v) is 3.93. The van der Waals surface area contributed by atoms with E-state index in [0.717, 1.165) is 25.7 Å². The van der Waals surface area contributed by atoms with Gasteiger partial charge in [-0.2, -0.15) is 0 Å². The van der Waals surface area contributed by atoms with E-state index < -0.39 is 11.8 Å². The van der Waals surface area contributed by atoms with Gasteiger partial charge in [-0.1, -0.05) is 100 Å². The number of benzene rings is 2. The molecule has 0 heterocycles. The summed E-state index contributed by atoms with van der Waals surface area (Å²) >= 11 is 0. The van der Waals surface area contributed by atoms with Crippen molar-refractivity contribution >= 4 is 5.97 Å². The van der Waals surface area contributed by atoms with Crippen LogP contribution in [-0.4, -0.2) is 16.9 Å². The number of rotatable bonds is 19. The van der Waals surface area contributed by atoms with E-state index in [0.29, 0.717) is 17.9 Å². The third kappa shape index (κ3) is 10.9. The van der Waals surface area contributed by atoms with Gasteiger partial charge in [-0.05, 0) is 56.4 Å². The van der Waals surface area contributed by atoms with Crippen molar-refractivity contribution in [3.63, 3.8) is 0 Å². The van der Waals surface area contributed by atoms with E-state index in [1.807, 2.05) is 36.4 Å². The van der Waals surface area contributed by atoms with Crippen molar-refractivity contribution in [2.75, 3.05) is 0 Å². The van der Waals surface area contributed by atoms with Crippen LogP contribution in [0.3, 0.4) is 0 Å². The zero-order chi connectivity index (χ0) is 24.3. The molecule has 0 spiro atoms. The van der Waals surface area contributed by atoms with Crippen molar-refractivity contribution in [1.82, 2.24) is 0 Å². The van der Waals surface area contributed by atoms with Crippen LogP contribution in [0.4, 0.5) is 0 Å². The highest BCUT2D eigenvalue weighted by Gasteiger charge is 2.43. The van der Waals surface area contributed by atoms with Crippen molar-refractivity contribution in [2.24, 2.45) is 0 Å². The zero-order valence-corrected chi connectivity index (χ0v) is 20.8. The molecule has 2 aromatic carbocycles. The van der Waals surface area contributed by atoms with Crippen LogP contribution in [0.5, 0.6) is 11.5 Å². The van der Waals surface area contributed by atoms with Crippen molar-refractivity contribution in [1.29, 1.82) is 0 Å². The highest BCUT2D eigenvalue weighted by Crippen LogP contribution is 2.28. The molecule has 0 saturated heterocycles. The van der Waals surface area contributed by atoms with E-state index in [4.69, 9.17) is 9.47 Å². The maximum Gasteiger partial charge on any atom is 0.390 e. The highest BCUT2D eigenvalue weighted by molar-refractivity contribution is 5.76. The molecule has 0 atom stereocenters. The Kier molecular flexibility index (Phi) is 13.6. The van der Waals surface area contributed by atoms with E-state index in [1.165, 1.54) is 44.9 Å². The van der Waals surface area contributed by atoms with Crippen molar-refractivity contribution < 1.29 is 19.4 Å². The lowest BCUT2D eigenvalue weighted by molar-refractivity contribution is -0.187. The van der Waals surface area contributed by atoms with Gasteiger partial charge in [-0.3, -0.25) is 0 Å². The Labute approximate surface area is 206 Å². The molecule has 0 bridgehead atoms. The molecule has 4 heteroatoms. The molecule has 2 aromatic rings. The Balaban J connectivity index is 1.76. The number of unbranched alkanes of at least 4 members (excludes halogenated alkanes) is 10. The van der Waals surface area contributed by atoms with Crippen molar-refractivity contribution in [2.45, 2.75) is 96.2 Å². The average molecular weight is 467 g/mol. The number of carboxylic acids is 1. The van der Waals surface area contributed by atoms with Gasteiger partial charge < -0.3 is 14.6 Å². The number of carboxylic acid groups (broad SMARTS) is 1. The summed E-state index contributed by atoms with van der Waals surface area (Å²) in [7, 11) is 0. The minimum atomic E-state index is -1.75. The molecule has 1 N–H and O–H groups in total. The lowest BCUT2D eigenvalue weighted by Gasteiger charge is -2.31. The number of aliphatic carboxylic acids is 1. The molecule has 0 fully saturated rings. The third-order valence-electron chi connectivity index (χ3n) is 5.90. The second-order valence-corrected chi connectivity index (χ2v) is 8.87. The predicted octanol–water partition coefficient (Wildman–Crippen LogP) is 8.57. The fourth-order valence-electron chi connectivity index (χ4n) is 3.93. The Morgan fingerprint density at radius 3 is 1.62 bits per heavy atom. The normalized spacial score (nSPS) is 11.6. The first-order valence-electron chi connectivity index (χ1n) is 13.0. The lowest BCUT2D eigenvalue weighted by atomic mass is 10.0. The summed E-state index contributed by atoms with van der Waals surface area (Å²) in [5.41, 5.74) is 0. The predicted molar refractivity (Wildman–Crippen MR) is 139 cm³/mol. The van der Waals surface area contributed by atoms with Crippen molar-refractivity contribution in [3.8, 4) is 11.5 Å². The van der Waals surface area contributed by atoms with Gasteiger partial charge >= 0.3 is 11.8 Å². The number of allylic oxidation sites excluding steroid dienone is 2. The van der Waals surface area contributed by atoms with Gasteiger partial charge in [0.25, 0.3) is 0 Å². The molecule has 0 amide bonds. The first kappa shape index (κ1) is 27.5. The number of para-hydroxylation sites is 2. The van der Waals surface area contributed by atoms with Gasteiger partial charge in [0.15, 0.2) is 0 Å². The van der Waals surface area contributed by atoms with Crippen LogP contribution in [0.2, 0.25) is 0 Å². The van der Waals surface area contributed by atoms with Crippen molar-refractivity contribution in [3.05, 3.63) is 72.8 Å². The number of carbonyl (C=O) groups is 1. The molecule has 186 valence electrons. The molecule has 4 nitrogen and oxygen atoms in total. The first-order valence-corrected chi connectivity index (χ1v) is 13.0. The highest BCUT2D eigenvalue weighted by atomic mass is 16.7. The van der Waals surface area contributed by atoms with E-state index in [9.17, 15) is 9.90 Å². The number of hydrogen-bond acceptors (Lipinski definition) is 3.